The number of ether oxygens (including phenoxy) is 2. The highest BCUT2D eigenvalue weighted by Gasteiger charge is 2.33. The number of carbonyl (C=O) groups excluding carboxylic acids is 1. The second kappa shape index (κ2) is 13.8. The first-order chi connectivity index (χ1) is 21.6. The molecule has 234 valence electrons. The third-order valence-electron chi connectivity index (χ3n) is 7.01. The molecule has 0 bridgehead atoms. The van der Waals surface area contributed by atoms with Gasteiger partial charge in [0.15, 0.2) is 29.6 Å². The molecule has 1 aliphatic rings. The molecule has 1 amide bonds. The first-order valence-electron chi connectivity index (χ1n) is 13.5. The largest absolute Gasteiger partial charge is 0.478 e. The number of carbonyl (C=O) groups is 2. The lowest BCUT2D eigenvalue weighted by Crippen LogP contribution is -2.31. The predicted octanol–water partition coefficient (Wildman–Crippen LogP) is 7.16. The summed E-state index contributed by atoms with van der Waals surface area (Å²) >= 11 is 1.29. The fraction of sp³-hybridized carbons (Fsp3) is 0.188. The van der Waals surface area contributed by atoms with Gasteiger partial charge in [-0.05, 0) is 35.4 Å². The standard InChI is InChI=1S/C32H24F5NO6S/c33-25-24(26(34)28(36)29(37)27(25)35)30(40)38-19-5-3-4-18(12-19)32-43-20(15-45-23-7-2-1-6-21(23)31(41)42)13-22(44-32)17-10-8-16(14-39)9-11-17/h1-12,20,22,32,39H,13-15H2,(H,38,40)(H,41,42)/t20-,22+,32+/m1/s1. The summed E-state index contributed by atoms with van der Waals surface area (Å²) in [5, 5.41) is 21.1. The van der Waals surface area contributed by atoms with Crippen molar-refractivity contribution in [2.75, 3.05) is 11.1 Å². The van der Waals surface area contributed by atoms with Crippen molar-refractivity contribution >= 4 is 29.3 Å². The SMILES string of the molecule is O=C(O)c1ccccc1SC[C@H]1C[C@@H](c2ccc(CO)cc2)O[C@@H](c2cccc(NC(=O)c3c(F)c(F)c(F)c(F)c3F)c2)O1. The van der Waals surface area contributed by atoms with Gasteiger partial charge >= 0.3 is 5.97 Å². The first kappa shape index (κ1) is 32.1. The maximum absolute atomic E-state index is 14.2. The van der Waals surface area contributed by atoms with Gasteiger partial charge in [0.05, 0.1) is 24.4 Å². The fourth-order valence-corrected chi connectivity index (χ4v) is 5.80. The third-order valence-corrected chi connectivity index (χ3v) is 8.22. The number of aliphatic hydroxyl groups is 1. The molecule has 1 fully saturated rings. The number of hydrogen-bond donors (Lipinski definition) is 3. The van der Waals surface area contributed by atoms with E-state index >= 15 is 0 Å². The average molecular weight is 646 g/mol. The van der Waals surface area contributed by atoms with Crippen LogP contribution in [-0.4, -0.2) is 33.9 Å². The summed E-state index contributed by atoms with van der Waals surface area (Å²) in [4.78, 5) is 24.8. The normalized spacial score (nSPS) is 18.0. The Balaban J connectivity index is 1.40. The maximum atomic E-state index is 14.2. The van der Waals surface area contributed by atoms with Crippen molar-refractivity contribution in [1.82, 2.24) is 0 Å². The van der Waals surface area contributed by atoms with Crippen molar-refractivity contribution in [3.05, 3.63) is 130 Å². The summed E-state index contributed by atoms with van der Waals surface area (Å²) in [7, 11) is 0. The topological polar surface area (TPSA) is 105 Å². The lowest BCUT2D eigenvalue weighted by molar-refractivity contribution is -0.245. The van der Waals surface area contributed by atoms with Gasteiger partial charge in [-0.1, -0.05) is 48.5 Å². The van der Waals surface area contributed by atoms with E-state index in [-0.39, 0.29) is 17.9 Å². The Morgan fingerprint density at radius 3 is 2.16 bits per heavy atom. The van der Waals surface area contributed by atoms with Crippen LogP contribution in [0.3, 0.4) is 0 Å². The van der Waals surface area contributed by atoms with E-state index in [9.17, 15) is 41.8 Å². The number of benzene rings is 4. The van der Waals surface area contributed by atoms with Crippen LogP contribution in [0.15, 0.2) is 77.7 Å². The number of rotatable bonds is 9. The molecule has 0 aliphatic carbocycles. The molecule has 0 spiro atoms. The quantitative estimate of drug-likeness (QED) is 0.0768. The van der Waals surface area contributed by atoms with Crippen molar-refractivity contribution in [2.45, 2.75) is 36.4 Å². The minimum absolute atomic E-state index is 0.0376. The Morgan fingerprint density at radius 2 is 1.49 bits per heavy atom. The van der Waals surface area contributed by atoms with E-state index in [0.717, 1.165) is 5.56 Å². The van der Waals surface area contributed by atoms with Gasteiger partial charge in [-0.2, -0.15) is 0 Å². The zero-order valence-corrected chi connectivity index (χ0v) is 23.9. The van der Waals surface area contributed by atoms with Crippen molar-refractivity contribution in [3.63, 3.8) is 0 Å². The lowest BCUT2D eigenvalue weighted by atomic mass is 10.0. The summed E-state index contributed by atoms with van der Waals surface area (Å²) in [6.45, 7) is -0.149. The highest BCUT2D eigenvalue weighted by Crippen LogP contribution is 2.40. The number of amides is 1. The molecule has 3 atom stereocenters. The maximum Gasteiger partial charge on any atom is 0.336 e. The molecule has 0 unspecified atom stereocenters. The zero-order valence-electron chi connectivity index (χ0n) is 23.1. The average Bonchev–Trinajstić information content (AvgIpc) is 3.05. The van der Waals surface area contributed by atoms with E-state index in [4.69, 9.17) is 9.47 Å². The Bertz CT molecular complexity index is 1710. The number of anilines is 1. The van der Waals surface area contributed by atoms with Crippen molar-refractivity contribution in [2.24, 2.45) is 0 Å². The minimum Gasteiger partial charge on any atom is -0.478 e. The van der Waals surface area contributed by atoms with Gasteiger partial charge in [0, 0.05) is 28.3 Å². The van der Waals surface area contributed by atoms with Crippen LogP contribution in [0, 0.1) is 29.1 Å². The number of carboxylic acid groups (broad SMARTS) is 1. The van der Waals surface area contributed by atoms with Crippen molar-refractivity contribution < 1.29 is 51.2 Å². The Morgan fingerprint density at radius 1 is 0.822 bits per heavy atom. The molecular formula is C32H24F5NO6S. The Kier molecular flexibility index (Phi) is 9.83. The highest BCUT2D eigenvalue weighted by molar-refractivity contribution is 7.99. The molecule has 1 saturated heterocycles. The van der Waals surface area contributed by atoms with Gasteiger partial charge in [0.1, 0.15) is 5.56 Å². The molecule has 45 heavy (non-hydrogen) atoms. The van der Waals surface area contributed by atoms with Crippen LogP contribution in [0.2, 0.25) is 0 Å². The molecular weight excluding hydrogens is 621 g/mol. The van der Waals surface area contributed by atoms with Crippen LogP contribution >= 0.6 is 11.8 Å². The summed E-state index contributed by atoms with van der Waals surface area (Å²) in [6.07, 6.45) is -1.63. The predicted molar refractivity (Wildman–Crippen MR) is 153 cm³/mol. The number of aliphatic hydroxyl groups excluding tert-OH is 1. The molecule has 0 radical (unpaired) electrons. The first-order valence-corrected chi connectivity index (χ1v) is 14.4. The summed E-state index contributed by atoms with van der Waals surface area (Å²) in [6, 6.07) is 19.4. The summed E-state index contributed by atoms with van der Waals surface area (Å²) in [5.74, 6) is -13.7. The van der Waals surface area contributed by atoms with Crippen LogP contribution in [0.5, 0.6) is 0 Å². The van der Waals surface area contributed by atoms with Gasteiger partial charge in [-0.15, -0.1) is 11.8 Å². The van der Waals surface area contributed by atoms with Crippen molar-refractivity contribution in [3.8, 4) is 0 Å². The third kappa shape index (κ3) is 7.01. The second-order valence-corrected chi connectivity index (χ2v) is 11.0. The van der Waals surface area contributed by atoms with Crippen LogP contribution in [-0.2, 0) is 16.1 Å². The molecule has 13 heteroatoms. The minimum atomic E-state index is -2.38. The molecule has 3 N–H and O–H groups in total. The smallest absolute Gasteiger partial charge is 0.336 e. The van der Waals surface area contributed by atoms with Crippen LogP contribution in [0.4, 0.5) is 27.6 Å². The van der Waals surface area contributed by atoms with E-state index in [1.165, 1.54) is 36.0 Å². The molecule has 4 aromatic carbocycles. The molecule has 4 aromatic rings. The summed E-state index contributed by atoms with van der Waals surface area (Å²) < 4.78 is 81.7. The van der Waals surface area contributed by atoms with Gasteiger partial charge in [-0.25, -0.2) is 26.7 Å². The van der Waals surface area contributed by atoms with E-state index in [2.05, 4.69) is 5.32 Å². The number of halogens is 5. The fourth-order valence-electron chi connectivity index (χ4n) is 4.74. The number of thioether (sulfide) groups is 1. The molecule has 0 saturated carbocycles. The number of hydrogen-bond acceptors (Lipinski definition) is 6. The van der Waals surface area contributed by atoms with Crippen molar-refractivity contribution in [1.29, 1.82) is 0 Å². The number of carboxylic acids is 1. The van der Waals surface area contributed by atoms with E-state index in [0.29, 0.717) is 28.2 Å². The van der Waals surface area contributed by atoms with Gasteiger partial charge in [-0.3, -0.25) is 4.79 Å². The van der Waals surface area contributed by atoms with E-state index in [1.807, 2.05) is 0 Å². The molecule has 7 nitrogen and oxygen atoms in total. The lowest BCUT2D eigenvalue weighted by Gasteiger charge is -2.36. The number of aromatic carboxylic acids is 1. The summed E-state index contributed by atoms with van der Waals surface area (Å²) in [5.41, 5.74) is 0.299. The molecule has 0 aromatic heterocycles. The van der Waals surface area contributed by atoms with Gasteiger partial charge < -0.3 is 25.0 Å². The van der Waals surface area contributed by atoms with Gasteiger partial charge in [0.2, 0.25) is 5.82 Å². The Labute approximate surface area is 257 Å². The van der Waals surface area contributed by atoms with Crippen LogP contribution < -0.4 is 5.32 Å². The second-order valence-electron chi connectivity index (χ2n) is 9.99. The molecule has 1 heterocycles. The Hall–Kier alpha value is -4.30. The van der Waals surface area contributed by atoms with Gasteiger partial charge in [0.25, 0.3) is 5.91 Å². The van der Waals surface area contributed by atoms with E-state index < -0.39 is 65.0 Å². The number of nitrogens with one attached hydrogen (secondary N) is 1. The van der Waals surface area contributed by atoms with E-state index in [1.54, 1.807) is 48.5 Å². The van der Waals surface area contributed by atoms with Crippen LogP contribution in [0.25, 0.3) is 0 Å². The molecule has 5 rings (SSSR count). The zero-order chi connectivity index (χ0) is 32.2. The molecule has 1 aliphatic heterocycles. The monoisotopic (exact) mass is 645 g/mol. The highest BCUT2D eigenvalue weighted by atomic mass is 32.2. The van der Waals surface area contributed by atoms with Crippen LogP contribution in [0.1, 0.15) is 56.2 Å².